The summed E-state index contributed by atoms with van der Waals surface area (Å²) in [5, 5.41) is 19.3. The van der Waals surface area contributed by atoms with Crippen LogP contribution in [0.5, 0.6) is 0 Å². The molecule has 3 aliphatic rings. The lowest BCUT2D eigenvalue weighted by Crippen LogP contribution is -2.38. The van der Waals surface area contributed by atoms with Crippen LogP contribution in [0.25, 0.3) is 22.8 Å². The van der Waals surface area contributed by atoms with Gasteiger partial charge in [0.05, 0.1) is 34.3 Å². The van der Waals surface area contributed by atoms with Crippen LogP contribution in [0.1, 0.15) is 74.2 Å². The van der Waals surface area contributed by atoms with Gasteiger partial charge in [0.2, 0.25) is 5.89 Å². The van der Waals surface area contributed by atoms with E-state index < -0.39 is 23.2 Å². The summed E-state index contributed by atoms with van der Waals surface area (Å²) in [7, 11) is 0. The molecular weight excluding hydrogens is 476 g/mol. The van der Waals surface area contributed by atoms with Gasteiger partial charge in [-0.1, -0.05) is 19.9 Å². The third-order valence-electron chi connectivity index (χ3n) is 8.79. The van der Waals surface area contributed by atoms with Crippen LogP contribution in [0.2, 0.25) is 0 Å². The molecule has 4 aromatic rings. The van der Waals surface area contributed by atoms with E-state index in [0.717, 1.165) is 42.6 Å². The summed E-state index contributed by atoms with van der Waals surface area (Å²) in [6.07, 6.45) is 7.86. The molecule has 3 aromatic heterocycles. The van der Waals surface area contributed by atoms with Crippen molar-refractivity contribution >= 4 is 0 Å². The fourth-order valence-electron chi connectivity index (χ4n) is 6.62. The molecule has 0 spiro atoms. The molecule has 0 saturated heterocycles. The molecule has 0 radical (unpaired) electrons. The fourth-order valence-corrected chi connectivity index (χ4v) is 6.62. The highest BCUT2D eigenvalue weighted by atomic mass is 19.1. The molecule has 2 saturated carbocycles. The van der Waals surface area contributed by atoms with Crippen LogP contribution in [0.3, 0.4) is 0 Å². The second kappa shape index (κ2) is 7.71. The minimum absolute atomic E-state index is 0.124. The summed E-state index contributed by atoms with van der Waals surface area (Å²) in [6, 6.07) is 5.58. The zero-order valence-corrected chi connectivity index (χ0v) is 20.4. The Hall–Kier alpha value is -3.59. The number of halogens is 2. The van der Waals surface area contributed by atoms with Crippen molar-refractivity contribution in [1.82, 2.24) is 25.1 Å². The third-order valence-corrected chi connectivity index (χ3v) is 8.79. The smallest absolute Gasteiger partial charge is 0.247 e. The van der Waals surface area contributed by atoms with E-state index in [2.05, 4.69) is 34.0 Å². The first-order valence-corrected chi connectivity index (χ1v) is 12.6. The lowest BCUT2D eigenvalue weighted by atomic mass is 9.66. The van der Waals surface area contributed by atoms with Crippen molar-refractivity contribution in [3.05, 3.63) is 77.2 Å². The van der Waals surface area contributed by atoms with Gasteiger partial charge in [0.25, 0.3) is 0 Å². The number of benzene rings is 1. The summed E-state index contributed by atoms with van der Waals surface area (Å²) in [6.45, 7) is 4.36. The molecule has 7 nitrogen and oxygen atoms in total. The van der Waals surface area contributed by atoms with Crippen LogP contribution in [-0.4, -0.2) is 30.3 Å². The van der Waals surface area contributed by atoms with Gasteiger partial charge in [0.1, 0.15) is 35.4 Å². The van der Waals surface area contributed by atoms with Crippen LogP contribution in [0, 0.1) is 23.0 Å². The Morgan fingerprint density at radius 2 is 1.81 bits per heavy atom. The highest BCUT2D eigenvalue weighted by Crippen LogP contribution is 2.69. The van der Waals surface area contributed by atoms with E-state index in [9.17, 15) is 13.9 Å². The van der Waals surface area contributed by atoms with E-state index in [0.29, 0.717) is 17.3 Å². The number of fused-ring (bicyclic) bond motifs is 5. The van der Waals surface area contributed by atoms with Crippen molar-refractivity contribution in [1.29, 1.82) is 0 Å². The van der Waals surface area contributed by atoms with Crippen molar-refractivity contribution in [2.45, 2.75) is 57.0 Å². The maximum atomic E-state index is 14.5. The molecule has 3 heterocycles. The quantitative estimate of drug-likeness (QED) is 0.385. The Morgan fingerprint density at radius 3 is 2.57 bits per heavy atom. The number of aromatic nitrogens is 5. The molecule has 0 unspecified atom stereocenters. The third kappa shape index (κ3) is 3.09. The predicted molar refractivity (Wildman–Crippen MR) is 129 cm³/mol. The predicted octanol–water partition coefficient (Wildman–Crippen LogP) is 5.51. The number of rotatable bonds is 5. The Kier molecular flexibility index (Phi) is 4.71. The Balaban J connectivity index is 1.32. The van der Waals surface area contributed by atoms with E-state index in [1.165, 1.54) is 24.5 Å². The zero-order chi connectivity index (χ0) is 25.5. The summed E-state index contributed by atoms with van der Waals surface area (Å²) < 4.78 is 34.7. The molecule has 9 heteroatoms. The molecule has 2 fully saturated rings. The van der Waals surface area contributed by atoms with Gasteiger partial charge < -0.3 is 9.52 Å². The second-order valence-corrected chi connectivity index (χ2v) is 11.0. The average Bonchev–Trinajstić information content (AvgIpc) is 3.51. The highest BCUT2D eigenvalue weighted by Gasteiger charge is 2.65. The number of hydrogen-bond acceptors (Lipinski definition) is 7. The van der Waals surface area contributed by atoms with Gasteiger partial charge in [-0.05, 0) is 66.7 Å². The molecule has 37 heavy (non-hydrogen) atoms. The van der Waals surface area contributed by atoms with Gasteiger partial charge in [-0.2, -0.15) is 5.10 Å². The number of aliphatic hydroxyl groups excluding tert-OH is 1. The van der Waals surface area contributed by atoms with Crippen molar-refractivity contribution < 1.29 is 18.3 Å². The van der Waals surface area contributed by atoms with Crippen LogP contribution in [0.4, 0.5) is 8.78 Å². The molecule has 3 aliphatic carbocycles. The molecule has 2 bridgehead atoms. The maximum Gasteiger partial charge on any atom is 0.247 e. The van der Waals surface area contributed by atoms with Gasteiger partial charge in [-0.25, -0.2) is 18.7 Å². The lowest BCUT2D eigenvalue weighted by Gasteiger charge is -2.37. The fraction of sp³-hybridized carbons (Fsp3) is 0.393. The van der Waals surface area contributed by atoms with Crippen LogP contribution in [0.15, 0.2) is 47.3 Å². The molecule has 0 amide bonds. The molecular formula is C28H25F2N5O2. The monoisotopic (exact) mass is 501 g/mol. The van der Waals surface area contributed by atoms with E-state index >= 15 is 0 Å². The van der Waals surface area contributed by atoms with Crippen molar-refractivity contribution in [2.24, 2.45) is 11.3 Å². The maximum absolute atomic E-state index is 14.5. The first-order chi connectivity index (χ1) is 17.8. The van der Waals surface area contributed by atoms with E-state index in [1.54, 1.807) is 18.5 Å². The van der Waals surface area contributed by atoms with Crippen molar-refractivity contribution in [3.8, 4) is 22.8 Å². The van der Waals surface area contributed by atoms with Gasteiger partial charge >= 0.3 is 0 Å². The first kappa shape index (κ1) is 22.6. The van der Waals surface area contributed by atoms with E-state index in [-0.39, 0.29) is 28.5 Å². The lowest BCUT2D eigenvalue weighted by molar-refractivity contribution is 0.149. The topological polar surface area (TPSA) is 97.8 Å². The first-order valence-electron chi connectivity index (χ1n) is 12.6. The minimum atomic E-state index is -0.665. The average molecular weight is 502 g/mol. The number of nitrogens with zero attached hydrogens (tertiary/aromatic N) is 5. The molecule has 0 aliphatic heterocycles. The second-order valence-electron chi connectivity index (χ2n) is 11.0. The summed E-state index contributed by atoms with van der Waals surface area (Å²) in [5.74, 6) is -0.660. The van der Waals surface area contributed by atoms with Crippen LogP contribution in [-0.2, 0) is 5.41 Å². The van der Waals surface area contributed by atoms with E-state index in [4.69, 9.17) is 9.40 Å². The van der Waals surface area contributed by atoms with Crippen LogP contribution >= 0.6 is 0 Å². The summed E-state index contributed by atoms with van der Waals surface area (Å²) in [5.41, 5.74) is 2.61. The minimum Gasteiger partial charge on any atom is -0.443 e. The summed E-state index contributed by atoms with van der Waals surface area (Å²) in [4.78, 5) is 13.9. The Labute approximate surface area is 212 Å². The van der Waals surface area contributed by atoms with Gasteiger partial charge in [0, 0.05) is 6.20 Å². The summed E-state index contributed by atoms with van der Waals surface area (Å²) >= 11 is 0. The standard InChI is InChI=1S/C28H25F2N5O2/c1-27(2)16-8-9-28(27,25-15(16)10-19(34-35-25)23-17(29)4-3-5-18(23)30)22-12-31-11-20(32-22)26-33-21(13-37-26)24(36)14-6-7-14/h3-5,10-14,16,24,36H,6-9H2,1-2H3/t16-,24-,28-/m0/s1. The van der Waals surface area contributed by atoms with Gasteiger partial charge in [-0.15, -0.1) is 5.10 Å². The van der Waals surface area contributed by atoms with Crippen molar-refractivity contribution in [3.63, 3.8) is 0 Å². The number of oxazole rings is 1. The largest absolute Gasteiger partial charge is 0.443 e. The van der Waals surface area contributed by atoms with Gasteiger partial charge in [0.15, 0.2) is 0 Å². The van der Waals surface area contributed by atoms with Crippen LogP contribution < -0.4 is 0 Å². The Morgan fingerprint density at radius 1 is 1.03 bits per heavy atom. The molecule has 1 aromatic carbocycles. The molecule has 1 N–H and O–H groups in total. The normalized spacial score (nSPS) is 24.3. The molecule has 188 valence electrons. The Bertz CT molecular complexity index is 1530. The van der Waals surface area contributed by atoms with Crippen molar-refractivity contribution in [2.75, 3.05) is 0 Å². The zero-order valence-electron chi connectivity index (χ0n) is 20.4. The van der Waals surface area contributed by atoms with Gasteiger partial charge in [-0.3, -0.25) is 4.98 Å². The highest BCUT2D eigenvalue weighted by molar-refractivity contribution is 5.64. The molecule has 3 atom stereocenters. The van der Waals surface area contributed by atoms with E-state index in [1.807, 2.05) is 0 Å². The molecule has 7 rings (SSSR count). The number of aliphatic hydroxyl groups is 1. The SMILES string of the molecule is CC1(C)[C@H]2CC[C@]1(c1cncc(-c3nc([C@@H](O)C4CC4)co3)n1)c1nnc(-c3c(F)cccc3F)cc12. The number of hydrogen-bond donors (Lipinski definition) is 1.